The molecule has 2 rings (SSSR count). The van der Waals surface area contributed by atoms with Crippen LogP contribution in [0, 0.1) is 5.92 Å². The van der Waals surface area contributed by atoms with E-state index in [1.807, 2.05) is 32.9 Å². The Kier molecular flexibility index (Phi) is 5.64. The Morgan fingerprint density at radius 1 is 1.39 bits per heavy atom. The largest absolute Gasteiger partial charge is 0.456 e. The Labute approximate surface area is 138 Å². The zero-order valence-electron chi connectivity index (χ0n) is 14.3. The highest BCUT2D eigenvalue weighted by molar-refractivity contribution is 5.89. The molecule has 5 heteroatoms. The fourth-order valence-corrected chi connectivity index (χ4v) is 2.31. The lowest BCUT2D eigenvalue weighted by molar-refractivity contribution is 0.00694. The summed E-state index contributed by atoms with van der Waals surface area (Å²) in [6, 6.07) is 7.31. The first-order valence-corrected chi connectivity index (χ1v) is 8.19. The monoisotopic (exact) mass is 317 g/mol. The van der Waals surface area contributed by atoms with Crippen LogP contribution in [0.25, 0.3) is 0 Å². The number of ether oxygens (including phenoxy) is 1. The van der Waals surface area contributed by atoms with Crippen LogP contribution in [0.3, 0.4) is 0 Å². The van der Waals surface area contributed by atoms with E-state index >= 15 is 0 Å². The fourth-order valence-electron chi connectivity index (χ4n) is 2.31. The number of carbonyl (C=O) groups excluding carboxylic acids is 1. The van der Waals surface area contributed by atoms with E-state index in [2.05, 4.69) is 10.3 Å². The van der Waals surface area contributed by atoms with Gasteiger partial charge in [0.2, 0.25) is 0 Å². The van der Waals surface area contributed by atoms with Crippen LogP contribution in [0.1, 0.15) is 56.0 Å². The van der Waals surface area contributed by atoms with E-state index in [1.165, 1.54) is 19.3 Å². The maximum Gasteiger partial charge on any atom is 0.338 e. The van der Waals surface area contributed by atoms with Crippen molar-refractivity contribution in [3.8, 4) is 0 Å². The number of carbonyl (C=O) groups is 1. The third-order valence-corrected chi connectivity index (χ3v) is 3.79. The van der Waals surface area contributed by atoms with Gasteiger partial charge < -0.3 is 15.8 Å². The van der Waals surface area contributed by atoms with E-state index in [4.69, 9.17) is 10.5 Å². The summed E-state index contributed by atoms with van der Waals surface area (Å²) in [5, 5.41) is 3.16. The molecule has 5 nitrogen and oxygen atoms in total. The molecule has 0 spiro atoms. The van der Waals surface area contributed by atoms with E-state index in [-0.39, 0.29) is 5.97 Å². The maximum atomic E-state index is 12.1. The van der Waals surface area contributed by atoms with Crippen LogP contribution in [0.5, 0.6) is 0 Å². The Morgan fingerprint density at radius 2 is 2.13 bits per heavy atom. The summed E-state index contributed by atoms with van der Waals surface area (Å²) < 4.78 is 5.38. The number of hydrogen-bond acceptors (Lipinski definition) is 3. The number of nitrogens with one attached hydrogen (secondary N) is 1. The average Bonchev–Trinajstić information content (AvgIpc) is 2.42. The molecule has 1 aromatic rings. The number of aliphatic imine (C=N–C) groups is 1. The van der Waals surface area contributed by atoms with Gasteiger partial charge in [-0.15, -0.1) is 0 Å². The molecule has 1 fully saturated rings. The molecule has 0 saturated heterocycles. The van der Waals surface area contributed by atoms with Crippen molar-refractivity contribution in [2.45, 2.75) is 52.2 Å². The predicted molar refractivity (Wildman–Crippen MR) is 92.3 cm³/mol. The van der Waals surface area contributed by atoms with Gasteiger partial charge in [-0.3, -0.25) is 0 Å². The van der Waals surface area contributed by atoms with E-state index in [0.717, 1.165) is 18.0 Å². The first-order valence-electron chi connectivity index (χ1n) is 8.19. The molecule has 1 aromatic carbocycles. The van der Waals surface area contributed by atoms with Gasteiger partial charge in [0.05, 0.1) is 12.1 Å². The molecular weight excluding hydrogens is 290 g/mol. The lowest BCUT2D eigenvalue weighted by atomic mass is 9.85. The van der Waals surface area contributed by atoms with E-state index in [1.54, 1.807) is 12.1 Å². The quantitative estimate of drug-likeness (QED) is 0.497. The third kappa shape index (κ3) is 5.93. The highest BCUT2D eigenvalue weighted by Crippen LogP contribution is 2.25. The van der Waals surface area contributed by atoms with Crippen LogP contribution in [0.15, 0.2) is 29.3 Å². The summed E-state index contributed by atoms with van der Waals surface area (Å²) in [6.07, 6.45) is 3.87. The van der Waals surface area contributed by atoms with E-state index < -0.39 is 5.60 Å². The molecule has 1 aliphatic rings. The van der Waals surface area contributed by atoms with Crippen molar-refractivity contribution in [3.05, 3.63) is 35.4 Å². The molecule has 126 valence electrons. The normalized spacial score (nSPS) is 15.9. The summed E-state index contributed by atoms with van der Waals surface area (Å²) >= 11 is 0. The highest BCUT2D eigenvalue weighted by atomic mass is 16.6. The molecule has 0 heterocycles. The molecule has 1 saturated carbocycles. The lowest BCUT2D eigenvalue weighted by Crippen LogP contribution is -2.37. The van der Waals surface area contributed by atoms with Crippen molar-refractivity contribution in [3.63, 3.8) is 0 Å². The SMILES string of the molecule is CC(C)(C)OC(=O)c1cccc(CN=C(N)NCC2CCC2)c1. The van der Waals surface area contributed by atoms with Gasteiger partial charge in [-0.1, -0.05) is 18.6 Å². The van der Waals surface area contributed by atoms with Gasteiger partial charge in [-0.25, -0.2) is 9.79 Å². The summed E-state index contributed by atoms with van der Waals surface area (Å²) in [6.45, 7) is 6.90. The molecular formula is C18H27N3O2. The van der Waals surface area contributed by atoms with Gasteiger partial charge in [-0.2, -0.15) is 0 Å². The first-order chi connectivity index (χ1) is 10.8. The van der Waals surface area contributed by atoms with Crippen LogP contribution in [0.2, 0.25) is 0 Å². The minimum atomic E-state index is -0.499. The number of rotatable bonds is 5. The Bertz CT molecular complexity index is 572. The van der Waals surface area contributed by atoms with Crippen molar-refractivity contribution >= 4 is 11.9 Å². The van der Waals surface area contributed by atoms with Crippen molar-refractivity contribution < 1.29 is 9.53 Å². The highest BCUT2D eigenvalue weighted by Gasteiger charge is 2.18. The predicted octanol–water partition coefficient (Wildman–Crippen LogP) is 2.85. The zero-order valence-corrected chi connectivity index (χ0v) is 14.3. The van der Waals surface area contributed by atoms with Crippen molar-refractivity contribution in [1.82, 2.24) is 5.32 Å². The van der Waals surface area contributed by atoms with Crippen LogP contribution in [-0.2, 0) is 11.3 Å². The number of guanidine groups is 1. The van der Waals surface area contributed by atoms with E-state index in [0.29, 0.717) is 18.1 Å². The number of esters is 1. The van der Waals surface area contributed by atoms with Crippen molar-refractivity contribution in [1.29, 1.82) is 0 Å². The summed E-state index contributed by atoms with van der Waals surface area (Å²) in [4.78, 5) is 16.4. The summed E-state index contributed by atoms with van der Waals surface area (Å²) in [5.74, 6) is 0.873. The van der Waals surface area contributed by atoms with Gasteiger partial charge in [0, 0.05) is 6.54 Å². The number of benzene rings is 1. The molecule has 0 radical (unpaired) electrons. The van der Waals surface area contributed by atoms with Gasteiger partial charge >= 0.3 is 5.97 Å². The number of hydrogen-bond donors (Lipinski definition) is 2. The molecule has 0 bridgehead atoms. The average molecular weight is 317 g/mol. The second kappa shape index (κ2) is 7.49. The van der Waals surface area contributed by atoms with Crippen LogP contribution in [0.4, 0.5) is 0 Å². The molecule has 23 heavy (non-hydrogen) atoms. The summed E-state index contributed by atoms with van der Waals surface area (Å²) in [7, 11) is 0. The van der Waals surface area contributed by atoms with Gasteiger partial charge in [0.15, 0.2) is 5.96 Å². The second-order valence-corrected chi connectivity index (χ2v) is 7.08. The molecule has 3 N–H and O–H groups in total. The minimum Gasteiger partial charge on any atom is -0.456 e. The number of nitrogens with zero attached hydrogens (tertiary/aromatic N) is 1. The molecule has 0 atom stereocenters. The molecule has 0 aromatic heterocycles. The zero-order chi connectivity index (χ0) is 16.9. The minimum absolute atomic E-state index is 0.320. The molecule has 0 aliphatic heterocycles. The Hall–Kier alpha value is -2.04. The van der Waals surface area contributed by atoms with Crippen molar-refractivity contribution in [2.75, 3.05) is 6.54 Å². The molecule has 0 amide bonds. The van der Waals surface area contributed by atoms with E-state index in [9.17, 15) is 4.79 Å². The van der Waals surface area contributed by atoms with Crippen LogP contribution < -0.4 is 11.1 Å². The van der Waals surface area contributed by atoms with Crippen LogP contribution >= 0.6 is 0 Å². The third-order valence-electron chi connectivity index (χ3n) is 3.79. The topological polar surface area (TPSA) is 76.7 Å². The summed E-state index contributed by atoms with van der Waals surface area (Å²) in [5.41, 5.74) is 6.85. The molecule has 1 aliphatic carbocycles. The Morgan fingerprint density at radius 3 is 2.74 bits per heavy atom. The number of nitrogens with two attached hydrogens (primary N) is 1. The second-order valence-electron chi connectivity index (χ2n) is 7.08. The van der Waals surface area contributed by atoms with Crippen LogP contribution in [-0.4, -0.2) is 24.1 Å². The standard InChI is InChI=1S/C18H27N3O2/c1-18(2,3)23-16(22)15-9-5-8-14(10-15)12-21-17(19)20-11-13-6-4-7-13/h5,8-10,13H,4,6-7,11-12H2,1-3H3,(H3,19,20,21). The smallest absolute Gasteiger partial charge is 0.338 e. The maximum absolute atomic E-state index is 12.1. The Balaban J connectivity index is 1.89. The fraction of sp³-hybridized carbons (Fsp3) is 0.556. The van der Waals surface area contributed by atoms with Gasteiger partial charge in [-0.05, 0) is 57.2 Å². The van der Waals surface area contributed by atoms with Crippen molar-refractivity contribution in [2.24, 2.45) is 16.6 Å². The van der Waals surface area contributed by atoms with Gasteiger partial charge in [0.1, 0.15) is 5.60 Å². The lowest BCUT2D eigenvalue weighted by Gasteiger charge is -2.25. The van der Waals surface area contributed by atoms with Gasteiger partial charge in [0.25, 0.3) is 0 Å². The molecule has 0 unspecified atom stereocenters. The first kappa shape index (κ1) is 17.3.